The van der Waals surface area contributed by atoms with E-state index in [4.69, 9.17) is 9.15 Å². The third-order valence-corrected chi connectivity index (χ3v) is 5.36. The van der Waals surface area contributed by atoms with Gasteiger partial charge in [0, 0.05) is 30.0 Å². The standard InChI is InChI=1S/C19H19N3O3S/c1-24-16-5-3-2-4-15(16)19(23)22-9-6-13(7-10-22)17-20-21-18(25-17)14-8-11-26-12-14/h2-5,8,11-13H,6-7,9-10H2,1H3. The van der Waals surface area contributed by atoms with Gasteiger partial charge in [-0.3, -0.25) is 4.79 Å². The highest BCUT2D eigenvalue weighted by molar-refractivity contribution is 7.08. The number of hydrogen-bond acceptors (Lipinski definition) is 6. The van der Waals surface area contributed by atoms with Crippen LogP contribution in [0.5, 0.6) is 5.75 Å². The zero-order valence-electron chi connectivity index (χ0n) is 14.4. The minimum absolute atomic E-state index is 0.00499. The highest BCUT2D eigenvalue weighted by Gasteiger charge is 2.29. The topological polar surface area (TPSA) is 68.5 Å². The third kappa shape index (κ3) is 3.22. The maximum Gasteiger partial charge on any atom is 0.257 e. The van der Waals surface area contributed by atoms with Crippen LogP contribution in [0.1, 0.15) is 35.0 Å². The molecule has 134 valence electrons. The second kappa shape index (κ2) is 7.29. The van der Waals surface area contributed by atoms with E-state index in [1.807, 2.05) is 39.9 Å². The summed E-state index contributed by atoms with van der Waals surface area (Å²) in [6, 6.07) is 9.30. The predicted molar refractivity (Wildman–Crippen MR) is 98.5 cm³/mol. The van der Waals surface area contributed by atoms with Gasteiger partial charge in [0.05, 0.1) is 12.7 Å². The zero-order chi connectivity index (χ0) is 17.9. The van der Waals surface area contributed by atoms with Crippen LogP contribution in [-0.2, 0) is 0 Å². The summed E-state index contributed by atoms with van der Waals surface area (Å²) in [5.41, 5.74) is 1.56. The molecule has 26 heavy (non-hydrogen) atoms. The molecule has 4 rings (SSSR count). The summed E-state index contributed by atoms with van der Waals surface area (Å²) in [4.78, 5) is 14.6. The number of para-hydroxylation sites is 1. The van der Waals surface area contributed by atoms with Crippen molar-refractivity contribution >= 4 is 17.2 Å². The van der Waals surface area contributed by atoms with E-state index in [0.717, 1.165) is 18.4 Å². The summed E-state index contributed by atoms with van der Waals surface area (Å²) in [5.74, 6) is 2.03. The molecule has 1 saturated heterocycles. The minimum Gasteiger partial charge on any atom is -0.496 e. The average Bonchev–Trinajstić information content (AvgIpc) is 3.39. The van der Waals surface area contributed by atoms with Crippen LogP contribution in [0.25, 0.3) is 11.5 Å². The Hall–Kier alpha value is -2.67. The maximum atomic E-state index is 12.8. The predicted octanol–water partition coefficient (Wildman–Crippen LogP) is 3.83. The van der Waals surface area contributed by atoms with Gasteiger partial charge < -0.3 is 14.1 Å². The number of methoxy groups -OCH3 is 1. The van der Waals surface area contributed by atoms with E-state index in [-0.39, 0.29) is 11.8 Å². The summed E-state index contributed by atoms with van der Waals surface area (Å²) in [6.07, 6.45) is 1.62. The summed E-state index contributed by atoms with van der Waals surface area (Å²) in [6.45, 7) is 1.33. The largest absolute Gasteiger partial charge is 0.496 e. The van der Waals surface area contributed by atoms with E-state index in [9.17, 15) is 4.79 Å². The Morgan fingerprint density at radius 2 is 2.04 bits per heavy atom. The first-order valence-electron chi connectivity index (χ1n) is 8.54. The van der Waals surface area contributed by atoms with Gasteiger partial charge in [0.1, 0.15) is 5.75 Å². The number of likely N-dealkylation sites (tertiary alicyclic amines) is 1. The van der Waals surface area contributed by atoms with Crippen molar-refractivity contribution in [1.82, 2.24) is 15.1 Å². The molecule has 1 aliphatic heterocycles. The van der Waals surface area contributed by atoms with Gasteiger partial charge in [-0.25, -0.2) is 0 Å². The van der Waals surface area contributed by atoms with Crippen LogP contribution in [0.4, 0.5) is 0 Å². The maximum absolute atomic E-state index is 12.8. The van der Waals surface area contributed by atoms with E-state index in [2.05, 4.69) is 10.2 Å². The Morgan fingerprint density at radius 1 is 1.23 bits per heavy atom. The molecule has 0 radical (unpaired) electrons. The van der Waals surface area contributed by atoms with Crippen LogP contribution in [0, 0.1) is 0 Å². The van der Waals surface area contributed by atoms with E-state index in [1.54, 1.807) is 24.5 Å². The lowest BCUT2D eigenvalue weighted by Gasteiger charge is -2.30. The molecule has 0 spiro atoms. The molecule has 0 N–H and O–H groups in total. The lowest BCUT2D eigenvalue weighted by atomic mass is 9.96. The van der Waals surface area contributed by atoms with Crippen LogP contribution in [0.15, 0.2) is 45.5 Å². The third-order valence-electron chi connectivity index (χ3n) is 4.68. The first-order chi connectivity index (χ1) is 12.8. The van der Waals surface area contributed by atoms with E-state index < -0.39 is 0 Å². The van der Waals surface area contributed by atoms with Crippen molar-refractivity contribution in [1.29, 1.82) is 0 Å². The van der Waals surface area contributed by atoms with E-state index in [1.165, 1.54) is 0 Å². The number of carbonyl (C=O) groups is 1. The number of amides is 1. The van der Waals surface area contributed by atoms with Crippen LogP contribution >= 0.6 is 11.3 Å². The Labute approximate surface area is 155 Å². The molecular formula is C19H19N3O3S. The second-order valence-electron chi connectivity index (χ2n) is 6.22. The Morgan fingerprint density at radius 3 is 2.77 bits per heavy atom. The molecule has 3 aromatic rings. The van der Waals surface area contributed by atoms with Crippen molar-refractivity contribution in [2.24, 2.45) is 0 Å². The van der Waals surface area contributed by atoms with Gasteiger partial charge in [-0.05, 0) is 36.4 Å². The molecular weight excluding hydrogens is 350 g/mol. The molecule has 0 bridgehead atoms. The summed E-state index contributed by atoms with van der Waals surface area (Å²) >= 11 is 1.60. The molecule has 1 amide bonds. The number of aromatic nitrogens is 2. The molecule has 1 aliphatic rings. The minimum atomic E-state index is 0.00499. The summed E-state index contributed by atoms with van der Waals surface area (Å²) in [7, 11) is 1.58. The van der Waals surface area contributed by atoms with Gasteiger partial charge in [0.15, 0.2) is 0 Å². The number of benzene rings is 1. The monoisotopic (exact) mass is 369 g/mol. The number of piperidine rings is 1. The molecule has 7 heteroatoms. The SMILES string of the molecule is COc1ccccc1C(=O)N1CCC(c2nnc(-c3ccsc3)o2)CC1. The van der Waals surface area contributed by atoms with E-state index >= 15 is 0 Å². The molecule has 0 unspecified atom stereocenters. The fraction of sp³-hybridized carbons (Fsp3) is 0.316. The lowest BCUT2D eigenvalue weighted by molar-refractivity contribution is 0.0703. The fourth-order valence-electron chi connectivity index (χ4n) is 3.22. The van der Waals surface area contributed by atoms with E-state index in [0.29, 0.717) is 36.2 Å². The van der Waals surface area contributed by atoms with Crippen molar-refractivity contribution in [3.8, 4) is 17.2 Å². The molecule has 3 heterocycles. The fourth-order valence-corrected chi connectivity index (χ4v) is 3.85. The average molecular weight is 369 g/mol. The van der Waals surface area contributed by atoms with Gasteiger partial charge in [0.2, 0.25) is 11.8 Å². The number of rotatable bonds is 4. The van der Waals surface area contributed by atoms with Crippen molar-refractivity contribution in [3.05, 3.63) is 52.5 Å². The Bertz CT molecular complexity index is 883. The molecule has 0 aliphatic carbocycles. The first kappa shape index (κ1) is 16.8. The lowest BCUT2D eigenvalue weighted by Crippen LogP contribution is -2.38. The zero-order valence-corrected chi connectivity index (χ0v) is 15.2. The molecule has 6 nitrogen and oxygen atoms in total. The molecule has 1 aromatic carbocycles. The van der Waals surface area contributed by atoms with Gasteiger partial charge in [-0.2, -0.15) is 11.3 Å². The van der Waals surface area contributed by atoms with Crippen LogP contribution in [0.2, 0.25) is 0 Å². The highest BCUT2D eigenvalue weighted by Crippen LogP contribution is 2.31. The molecule has 0 saturated carbocycles. The van der Waals surface area contributed by atoms with Crippen molar-refractivity contribution < 1.29 is 13.9 Å². The van der Waals surface area contributed by atoms with Crippen LogP contribution < -0.4 is 4.74 Å². The van der Waals surface area contributed by atoms with Gasteiger partial charge >= 0.3 is 0 Å². The number of thiophene rings is 1. The Balaban J connectivity index is 1.42. The summed E-state index contributed by atoms with van der Waals surface area (Å²) < 4.78 is 11.2. The number of nitrogens with zero attached hydrogens (tertiary/aromatic N) is 3. The smallest absolute Gasteiger partial charge is 0.257 e. The quantitative estimate of drug-likeness (QED) is 0.699. The van der Waals surface area contributed by atoms with Crippen LogP contribution in [0.3, 0.4) is 0 Å². The highest BCUT2D eigenvalue weighted by atomic mass is 32.1. The first-order valence-corrected chi connectivity index (χ1v) is 9.49. The molecule has 2 aromatic heterocycles. The number of hydrogen-bond donors (Lipinski definition) is 0. The summed E-state index contributed by atoms with van der Waals surface area (Å²) in [5, 5.41) is 12.3. The molecule has 0 atom stereocenters. The van der Waals surface area contributed by atoms with Gasteiger partial charge in [0.25, 0.3) is 5.91 Å². The van der Waals surface area contributed by atoms with Crippen molar-refractivity contribution in [2.45, 2.75) is 18.8 Å². The second-order valence-corrected chi connectivity index (χ2v) is 7.00. The number of carbonyl (C=O) groups excluding carboxylic acids is 1. The normalized spacial score (nSPS) is 15.2. The van der Waals surface area contributed by atoms with Gasteiger partial charge in [-0.1, -0.05) is 12.1 Å². The number of ether oxygens (including phenoxy) is 1. The Kier molecular flexibility index (Phi) is 4.71. The van der Waals surface area contributed by atoms with Crippen molar-refractivity contribution in [3.63, 3.8) is 0 Å². The molecule has 1 fully saturated rings. The van der Waals surface area contributed by atoms with Crippen LogP contribution in [-0.4, -0.2) is 41.2 Å². The van der Waals surface area contributed by atoms with Gasteiger partial charge in [-0.15, -0.1) is 10.2 Å². The van der Waals surface area contributed by atoms with Crippen molar-refractivity contribution in [2.75, 3.05) is 20.2 Å².